The zero-order valence-corrected chi connectivity index (χ0v) is 10.1. The van der Waals surface area contributed by atoms with Crippen molar-refractivity contribution in [2.75, 3.05) is 18.4 Å². The van der Waals surface area contributed by atoms with E-state index in [0.29, 0.717) is 13.1 Å². The van der Waals surface area contributed by atoms with E-state index in [1.807, 2.05) is 0 Å². The number of benzene rings is 1. The lowest BCUT2D eigenvalue weighted by atomic mass is 10.0. The fourth-order valence-corrected chi connectivity index (χ4v) is 2.12. The van der Waals surface area contributed by atoms with Crippen LogP contribution in [0.5, 0.6) is 0 Å². The van der Waals surface area contributed by atoms with Crippen LogP contribution >= 0.6 is 11.8 Å². The monoisotopic (exact) mass is 276 g/mol. The van der Waals surface area contributed by atoms with E-state index in [2.05, 4.69) is 10.6 Å². The van der Waals surface area contributed by atoms with Gasteiger partial charge in [0, 0.05) is 18.0 Å². The van der Waals surface area contributed by atoms with Crippen LogP contribution < -0.4 is 10.6 Å². The third kappa shape index (κ3) is 3.39. The molecule has 18 heavy (non-hydrogen) atoms. The number of nitrogens with one attached hydrogen (secondary N) is 2. The number of thioether (sulfide) groups is 1. The molecule has 0 atom stereocenters. The minimum Gasteiger partial charge on any atom is -0.325 e. The van der Waals surface area contributed by atoms with Gasteiger partial charge in [-0.2, -0.15) is 13.2 Å². The predicted molar refractivity (Wildman–Crippen MR) is 63.3 cm³/mol. The molecule has 2 N–H and O–H groups in total. The fourth-order valence-electron chi connectivity index (χ4n) is 1.49. The maximum atomic E-state index is 12.3. The first kappa shape index (κ1) is 13.2. The number of amides is 1. The van der Waals surface area contributed by atoms with E-state index >= 15 is 0 Å². The highest BCUT2D eigenvalue weighted by Gasteiger charge is 2.31. The maximum absolute atomic E-state index is 12.3. The molecule has 2 rings (SSSR count). The molecule has 1 heterocycles. The van der Waals surface area contributed by atoms with Gasteiger partial charge in [0.1, 0.15) is 0 Å². The van der Waals surface area contributed by atoms with Crippen LogP contribution in [0.15, 0.2) is 29.2 Å². The van der Waals surface area contributed by atoms with Gasteiger partial charge >= 0.3 is 5.51 Å². The zero-order valence-electron chi connectivity index (χ0n) is 9.25. The van der Waals surface area contributed by atoms with Crippen LogP contribution in [0.25, 0.3) is 0 Å². The topological polar surface area (TPSA) is 41.1 Å². The molecule has 3 nitrogen and oxygen atoms in total. The van der Waals surface area contributed by atoms with Crippen LogP contribution in [0.1, 0.15) is 0 Å². The zero-order chi connectivity index (χ0) is 13.2. The standard InChI is InChI=1S/C11H11F3N2OS/c12-11(13,14)18-9-4-2-1-3-8(9)16-10(17)7-5-15-6-7/h1-4,7,15H,5-6H2,(H,16,17). The summed E-state index contributed by atoms with van der Waals surface area (Å²) in [4.78, 5) is 11.7. The second kappa shape index (κ2) is 5.19. The molecule has 1 amide bonds. The first-order valence-electron chi connectivity index (χ1n) is 5.32. The molecule has 1 fully saturated rings. The average Bonchev–Trinajstić information content (AvgIpc) is 2.16. The predicted octanol–water partition coefficient (Wildman–Crippen LogP) is 2.46. The van der Waals surface area contributed by atoms with Gasteiger partial charge in [-0.25, -0.2) is 0 Å². The van der Waals surface area contributed by atoms with Gasteiger partial charge in [-0.3, -0.25) is 4.79 Å². The van der Waals surface area contributed by atoms with Crippen molar-refractivity contribution in [1.29, 1.82) is 0 Å². The van der Waals surface area contributed by atoms with Gasteiger partial charge in [0.15, 0.2) is 0 Å². The Balaban J connectivity index is 2.09. The molecule has 0 spiro atoms. The lowest BCUT2D eigenvalue weighted by Gasteiger charge is -2.26. The molecule has 0 unspecified atom stereocenters. The lowest BCUT2D eigenvalue weighted by molar-refractivity contribution is -0.121. The van der Waals surface area contributed by atoms with Crippen LogP contribution in [0.3, 0.4) is 0 Å². The van der Waals surface area contributed by atoms with E-state index in [1.54, 1.807) is 6.07 Å². The van der Waals surface area contributed by atoms with Gasteiger partial charge in [-0.15, -0.1) is 0 Å². The molecule has 1 saturated heterocycles. The summed E-state index contributed by atoms with van der Waals surface area (Å²) in [7, 11) is 0. The van der Waals surface area contributed by atoms with Gasteiger partial charge in [-0.05, 0) is 23.9 Å². The third-order valence-electron chi connectivity index (χ3n) is 2.52. The van der Waals surface area contributed by atoms with E-state index in [-0.39, 0.29) is 34.2 Å². The Kier molecular flexibility index (Phi) is 3.82. The summed E-state index contributed by atoms with van der Waals surface area (Å²) in [6.07, 6.45) is 0. The highest BCUT2D eigenvalue weighted by atomic mass is 32.2. The van der Waals surface area contributed by atoms with Gasteiger partial charge in [0.2, 0.25) is 5.91 Å². The molecular formula is C11H11F3N2OS. The highest BCUT2D eigenvalue weighted by Crippen LogP contribution is 2.40. The molecule has 0 radical (unpaired) electrons. The fraction of sp³-hybridized carbons (Fsp3) is 0.364. The first-order valence-corrected chi connectivity index (χ1v) is 6.14. The van der Waals surface area contributed by atoms with Crippen LogP contribution in [-0.2, 0) is 4.79 Å². The van der Waals surface area contributed by atoms with Gasteiger partial charge in [0.25, 0.3) is 0 Å². The third-order valence-corrected chi connectivity index (χ3v) is 3.33. The van der Waals surface area contributed by atoms with E-state index < -0.39 is 5.51 Å². The summed E-state index contributed by atoms with van der Waals surface area (Å²) in [6.45, 7) is 1.14. The molecule has 0 aromatic heterocycles. The molecule has 0 saturated carbocycles. The van der Waals surface area contributed by atoms with E-state index in [0.717, 1.165) is 0 Å². The van der Waals surface area contributed by atoms with Gasteiger partial charge in [-0.1, -0.05) is 12.1 Å². The normalized spacial score (nSPS) is 16.2. The molecule has 98 valence electrons. The van der Waals surface area contributed by atoms with E-state index in [1.165, 1.54) is 18.2 Å². The second-order valence-corrected chi connectivity index (χ2v) is 5.00. The second-order valence-electron chi connectivity index (χ2n) is 3.89. The van der Waals surface area contributed by atoms with Crippen molar-refractivity contribution < 1.29 is 18.0 Å². The number of hydrogen-bond donors (Lipinski definition) is 2. The summed E-state index contributed by atoms with van der Waals surface area (Å²) in [6, 6.07) is 5.91. The van der Waals surface area contributed by atoms with Crippen molar-refractivity contribution in [1.82, 2.24) is 5.32 Å². The number of carbonyl (C=O) groups is 1. The smallest absolute Gasteiger partial charge is 0.325 e. The number of rotatable bonds is 3. The Bertz CT molecular complexity index is 446. The molecule has 0 bridgehead atoms. The number of alkyl halides is 3. The number of para-hydroxylation sites is 1. The molecule has 7 heteroatoms. The van der Waals surface area contributed by atoms with Crippen LogP contribution in [0, 0.1) is 5.92 Å². The van der Waals surface area contributed by atoms with Gasteiger partial charge in [0.05, 0.1) is 11.6 Å². The Labute approximate surface area is 106 Å². The first-order chi connectivity index (χ1) is 8.46. The molecule has 1 aromatic carbocycles. The number of anilines is 1. The molecule has 1 aliphatic rings. The van der Waals surface area contributed by atoms with Crippen molar-refractivity contribution in [3.63, 3.8) is 0 Å². The van der Waals surface area contributed by atoms with E-state index in [9.17, 15) is 18.0 Å². The van der Waals surface area contributed by atoms with Crippen LogP contribution in [0.4, 0.5) is 18.9 Å². The summed E-state index contributed by atoms with van der Waals surface area (Å²) in [5.41, 5.74) is -4.16. The van der Waals surface area contributed by atoms with Crippen molar-refractivity contribution in [3.8, 4) is 0 Å². The highest BCUT2D eigenvalue weighted by molar-refractivity contribution is 8.00. The van der Waals surface area contributed by atoms with Crippen molar-refractivity contribution in [2.24, 2.45) is 5.92 Å². The maximum Gasteiger partial charge on any atom is 0.446 e. The molecular weight excluding hydrogens is 265 g/mol. The largest absolute Gasteiger partial charge is 0.446 e. The average molecular weight is 276 g/mol. The van der Waals surface area contributed by atoms with Crippen LogP contribution in [-0.4, -0.2) is 24.5 Å². The summed E-state index contributed by atoms with van der Waals surface area (Å²) in [5.74, 6) is -0.405. The Morgan fingerprint density at radius 2 is 2.00 bits per heavy atom. The SMILES string of the molecule is O=C(Nc1ccccc1SC(F)(F)F)C1CNC1. The van der Waals surface area contributed by atoms with Crippen molar-refractivity contribution >= 4 is 23.4 Å². The minimum atomic E-state index is -4.36. The number of halogens is 3. The lowest BCUT2D eigenvalue weighted by Crippen LogP contribution is -2.48. The molecule has 0 aliphatic carbocycles. The number of hydrogen-bond acceptors (Lipinski definition) is 3. The van der Waals surface area contributed by atoms with Crippen molar-refractivity contribution in [2.45, 2.75) is 10.4 Å². The van der Waals surface area contributed by atoms with Crippen LogP contribution in [0.2, 0.25) is 0 Å². The quantitative estimate of drug-likeness (QED) is 0.833. The Hall–Kier alpha value is -1.21. The molecule has 1 aliphatic heterocycles. The summed E-state index contributed by atoms with van der Waals surface area (Å²) >= 11 is -0.224. The Morgan fingerprint density at radius 3 is 2.56 bits per heavy atom. The Morgan fingerprint density at radius 1 is 1.33 bits per heavy atom. The number of carbonyl (C=O) groups excluding carboxylic acids is 1. The summed E-state index contributed by atoms with van der Waals surface area (Å²) < 4.78 is 37.0. The summed E-state index contributed by atoms with van der Waals surface area (Å²) in [5, 5.41) is 5.47. The van der Waals surface area contributed by atoms with Gasteiger partial charge < -0.3 is 10.6 Å². The van der Waals surface area contributed by atoms with E-state index in [4.69, 9.17) is 0 Å². The minimum absolute atomic E-state index is 0.00522. The molecule has 1 aromatic rings. The van der Waals surface area contributed by atoms with Crippen molar-refractivity contribution in [3.05, 3.63) is 24.3 Å².